The number of aromatic carboxylic acids is 1. The van der Waals surface area contributed by atoms with E-state index in [1.807, 2.05) is 25.1 Å². The van der Waals surface area contributed by atoms with Crippen molar-refractivity contribution >= 4 is 5.97 Å². The number of phenolic OH excluding ortho intramolecular Hbond substituents is 1. The van der Waals surface area contributed by atoms with Crippen LogP contribution in [0.15, 0.2) is 36.4 Å². The Bertz CT molecular complexity index is 632. The van der Waals surface area contributed by atoms with Crippen LogP contribution in [-0.4, -0.2) is 23.3 Å². The smallest absolute Gasteiger partial charge is 0.335 e. The minimum absolute atomic E-state index is 0.0514. The van der Waals surface area contributed by atoms with Gasteiger partial charge >= 0.3 is 5.97 Å². The van der Waals surface area contributed by atoms with Gasteiger partial charge in [0.15, 0.2) is 0 Å². The fourth-order valence-electron chi connectivity index (χ4n) is 1.95. The van der Waals surface area contributed by atoms with Crippen molar-refractivity contribution in [3.8, 4) is 22.6 Å². The molecule has 0 unspecified atom stereocenters. The number of aryl methyl sites for hydroxylation is 1. The number of benzene rings is 2. The summed E-state index contributed by atoms with van der Waals surface area (Å²) in [5, 5.41) is 18.8. The average Bonchev–Trinajstić information content (AvgIpc) is 2.38. The summed E-state index contributed by atoms with van der Waals surface area (Å²) in [6.07, 6.45) is 0. The SMILES string of the molecule is COc1ccc(-c2ccc(C(=O)O)cc2O)cc1C. The van der Waals surface area contributed by atoms with Crippen LogP contribution in [-0.2, 0) is 0 Å². The van der Waals surface area contributed by atoms with Gasteiger partial charge in [0.1, 0.15) is 11.5 Å². The lowest BCUT2D eigenvalue weighted by atomic mass is 10.0. The number of methoxy groups -OCH3 is 1. The molecule has 0 heterocycles. The van der Waals surface area contributed by atoms with Crippen LogP contribution in [0.25, 0.3) is 11.1 Å². The topological polar surface area (TPSA) is 66.8 Å². The van der Waals surface area contributed by atoms with E-state index < -0.39 is 5.97 Å². The average molecular weight is 258 g/mol. The maximum absolute atomic E-state index is 10.8. The lowest BCUT2D eigenvalue weighted by Crippen LogP contribution is -1.95. The molecule has 2 N–H and O–H groups in total. The maximum Gasteiger partial charge on any atom is 0.335 e. The van der Waals surface area contributed by atoms with Gasteiger partial charge in [0.25, 0.3) is 0 Å². The molecule has 0 saturated heterocycles. The molecule has 0 amide bonds. The molecule has 2 rings (SSSR count). The quantitative estimate of drug-likeness (QED) is 0.887. The molecule has 0 spiro atoms. The van der Waals surface area contributed by atoms with Gasteiger partial charge in [0.05, 0.1) is 12.7 Å². The van der Waals surface area contributed by atoms with E-state index in [0.717, 1.165) is 16.9 Å². The highest BCUT2D eigenvalue weighted by Crippen LogP contribution is 2.32. The van der Waals surface area contributed by atoms with Crippen LogP contribution in [0, 0.1) is 6.92 Å². The van der Waals surface area contributed by atoms with Crippen LogP contribution in [0.5, 0.6) is 11.5 Å². The Balaban J connectivity index is 2.47. The zero-order valence-corrected chi connectivity index (χ0v) is 10.7. The number of aromatic hydroxyl groups is 1. The number of ether oxygens (including phenoxy) is 1. The number of hydrogen-bond acceptors (Lipinski definition) is 3. The number of hydrogen-bond donors (Lipinski definition) is 2. The van der Waals surface area contributed by atoms with Crippen molar-refractivity contribution in [1.82, 2.24) is 0 Å². The molecule has 4 heteroatoms. The second kappa shape index (κ2) is 5.02. The van der Waals surface area contributed by atoms with Crippen LogP contribution in [0.4, 0.5) is 0 Å². The van der Waals surface area contributed by atoms with E-state index in [1.165, 1.54) is 12.1 Å². The van der Waals surface area contributed by atoms with E-state index in [1.54, 1.807) is 13.2 Å². The summed E-state index contributed by atoms with van der Waals surface area (Å²) in [5.74, 6) is -0.345. The zero-order chi connectivity index (χ0) is 14.0. The van der Waals surface area contributed by atoms with Crippen LogP contribution in [0.1, 0.15) is 15.9 Å². The van der Waals surface area contributed by atoms with E-state index in [2.05, 4.69) is 0 Å². The first-order valence-corrected chi connectivity index (χ1v) is 5.74. The third-order valence-corrected chi connectivity index (χ3v) is 2.95. The Kier molecular flexibility index (Phi) is 3.42. The van der Waals surface area contributed by atoms with E-state index in [9.17, 15) is 9.90 Å². The lowest BCUT2D eigenvalue weighted by molar-refractivity contribution is 0.0696. The van der Waals surface area contributed by atoms with Crippen LogP contribution in [0.3, 0.4) is 0 Å². The van der Waals surface area contributed by atoms with Crippen molar-refractivity contribution < 1.29 is 19.7 Å². The van der Waals surface area contributed by atoms with Gasteiger partial charge in [-0.2, -0.15) is 0 Å². The standard InChI is InChI=1S/C15H14O4/c1-9-7-10(4-6-14(9)19-2)12-5-3-11(15(17)18)8-13(12)16/h3-8,16H,1-2H3,(H,17,18). The molecular weight excluding hydrogens is 244 g/mol. The van der Waals surface area contributed by atoms with Gasteiger partial charge in [0, 0.05) is 5.56 Å². The van der Waals surface area contributed by atoms with Gasteiger partial charge < -0.3 is 14.9 Å². The van der Waals surface area contributed by atoms with Crippen molar-refractivity contribution in [2.75, 3.05) is 7.11 Å². The molecular formula is C15H14O4. The number of rotatable bonds is 3. The van der Waals surface area contributed by atoms with Crippen molar-refractivity contribution in [2.24, 2.45) is 0 Å². The van der Waals surface area contributed by atoms with Gasteiger partial charge in [-0.15, -0.1) is 0 Å². The van der Waals surface area contributed by atoms with Crippen molar-refractivity contribution in [1.29, 1.82) is 0 Å². The van der Waals surface area contributed by atoms with E-state index >= 15 is 0 Å². The highest BCUT2D eigenvalue weighted by atomic mass is 16.5. The Morgan fingerprint density at radius 3 is 2.42 bits per heavy atom. The molecule has 2 aromatic carbocycles. The molecule has 19 heavy (non-hydrogen) atoms. The molecule has 98 valence electrons. The van der Waals surface area contributed by atoms with Crippen LogP contribution < -0.4 is 4.74 Å². The lowest BCUT2D eigenvalue weighted by Gasteiger charge is -2.09. The molecule has 0 radical (unpaired) electrons. The van der Waals surface area contributed by atoms with Crippen molar-refractivity contribution in [2.45, 2.75) is 6.92 Å². The first-order chi connectivity index (χ1) is 9.02. The third kappa shape index (κ3) is 2.52. The number of phenols is 1. The molecule has 0 aliphatic carbocycles. The first-order valence-electron chi connectivity index (χ1n) is 5.74. The predicted molar refractivity (Wildman–Crippen MR) is 71.8 cm³/mol. The summed E-state index contributed by atoms with van der Waals surface area (Å²) in [6.45, 7) is 1.91. The van der Waals surface area contributed by atoms with E-state index in [4.69, 9.17) is 9.84 Å². The third-order valence-electron chi connectivity index (χ3n) is 2.95. The van der Waals surface area contributed by atoms with Crippen LogP contribution in [0.2, 0.25) is 0 Å². The second-order valence-corrected chi connectivity index (χ2v) is 4.22. The summed E-state index contributed by atoms with van der Waals surface area (Å²) in [4.78, 5) is 10.8. The molecule has 0 aliphatic heterocycles. The Morgan fingerprint density at radius 2 is 1.89 bits per heavy atom. The Hall–Kier alpha value is -2.49. The van der Waals surface area contributed by atoms with E-state index in [0.29, 0.717) is 5.56 Å². The number of carboxylic acid groups (broad SMARTS) is 1. The molecule has 0 atom stereocenters. The Morgan fingerprint density at radius 1 is 1.16 bits per heavy atom. The fraction of sp³-hybridized carbons (Fsp3) is 0.133. The molecule has 0 bridgehead atoms. The molecule has 0 fully saturated rings. The van der Waals surface area contributed by atoms with Gasteiger partial charge in [-0.05, 0) is 48.4 Å². The summed E-state index contributed by atoms with van der Waals surface area (Å²) in [7, 11) is 1.60. The molecule has 4 nitrogen and oxygen atoms in total. The number of carboxylic acids is 1. The molecule has 0 saturated carbocycles. The van der Waals surface area contributed by atoms with Crippen LogP contribution >= 0.6 is 0 Å². The largest absolute Gasteiger partial charge is 0.507 e. The van der Waals surface area contributed by atoms with Gasteiger partial charge in [0.2, 0.25) is 0 Å². The molecule has 0 aromatic heterocycles. The summed E-state index contributed by atoms with van der Waals surface area (Å²) in [5.41, 5.74) is 2.41. The number of carbonyl (C=O) groups is 1. The molecule has 0 aliphatic rings. The minimum Gasteiger partial charge on any atom is -0.507 e. The second-order valence-electron chi connectivity index (χ2n) is 4.22. The van der Waals surface area contributed by atoms with Gasteiger partial charge in [-0.25, -0.2) is 4.79 Å². The Labute approximate surface area is 110 Å². The highest BCUT2D eigenvalue weighted by Gasteiger charge is 2.10. The normalized spacial score (nSPS) is 10.2. The highest BCUT2D eigenvalue weighted by molar-refractivity contribution is 5.89. The molecule has 2 aromatic rings. The predicted octanol–water partition coefficient (Wildman–Crippen LogP) is 3.07. The van der Waals surface area contributed by atoms with E-state index in [-0.39, 0.29) is 11.3 Å². The van der Waals surface area contributed by atoms with Crippen molar-refractivity contribution in [3.63, 3.8) is 0 Å². The maximum atomic E-state index is 10.8. The first kappa shape index (κ1) is 13.0. The van der Waals surface area contributed by atoms with Gasteiger partial charge in [-0.1, -0.05) is 6.07 Å². The summed E-state index contributed by atoms with van der Waals surface area (Å²) < 4.78 is 5.18. The fourth-order valence-corrected chi connectivity index (χ4v) is 1.95. The monoisotopic (exact) mass is 258 g/mol. The van der Waals surface area contributed by atoms with Gasteiger partial charge in [-0.3, -0.25) is 0 Å². The van der Waals surface area contributed by atoms with Crippen molar-refractivity contribution in [3.05, 3.63) is 47.5 Å². The minimum atomic E-state index is -1.06. The summed E-state index contributed by atoms with van der Waals surface area (Å²) in [6, 6.07) is 9.83. The zero-order valence-electron chi connectivity index (χ0n) is 10.7. The summed E-state index contributed by atoms with van der Waals surface area (Å²) >= 11 is 0.